The van der Waals surface area contributed by atoms with Gasteiger partial charge in [0.25, 0.3) is 0 Å². The maximum Gasteiger partial charge on any atom is 0.227 e. The monoisotopic (exact) mass is 272 g/mol. The number of benzene rings is 1. The van der Waals surface area contributed by atoms with Gasteiger partial charge in [-0.2, -0.15) is 0 Å². The fraction of sp³-hybridized carbons (Fsp3) is 0.588. The number of hydrogen-bond donors (Lipinski definition) is 1. The van der Waals surface area contributed by atoms with Gasteiger partial charge in [-0.25, -0.2) is 0 Å². The number of carbonyl (C=O) groups excluding carboxylic acids is 1. The molecule has 2 aliphatic rings. The molecule has 1 aliphatic carbocycles. The zero-order valence-corrected chi connectivity index (χ0v) is 12.3. The van der Waals surface area contributed by atoms with Crippen LogP contribution in [0, 0.1) is 11.8 Å². The van der Waals surface area contributed by atoms with Crippen molar-refractivity contribution in [2.45, 2.75) is 39.0 Å². The van der Waals surface area contributed by atoms with E-state index in [1.165, 1.54) is 37.8 Å². The maximum atomic E-state index is 12.2. The molecule has 1 aliphatic heterocycles. The summed E-state index contributed by atoms with van der Waals surface area (Å²) in [5.74, 6) is 0.928. The Bertz CT molecular complexity index is 476. The van der Waals surface area contributed by atoms with E-state index >= 15 is 0 Å². The molecule has 108 valence electrons. The summed E-state index contributed by atoms with van der Waals surface area (Å²) in [6, 6.07) is 8.29. The molecule has 0 bridgehead atoms. The molecule has 3 rings (SSSR count). The van der Waals surface area contributed by atoms with Crippen molar-refractivity contribution in [3.05, 3.63) is 24.3 Å². The fourth-order valence-electron chi connectivity index (χ4n) is 3.00. The van der Waals surface area contributed by atoms with Crippen LogP contribution in [-0.2, 0) is 4.79 Å². The summed E-state index contributed by atoms with van der Waals surface area (Å²) in [7, 11) is 0. The molecule has 1 heterocycles. The lowest BCUT2D eigenvalue weighted by Crippen LogP contribution is -2.29. The van der Waals surface area contributed by atoms with Gasteiger partial charge in [0.05, 0.1) is 0 Å². The number of amides is 1. The molecule has 0 spiro atoms. The minimum Gasteiger partial charge on any atom is -0.371 e. The van der Waals surface area contributed by atoms with Gasteiger partial charge in [-0.05, 0) is 56.2 Å². The molecule has 3 nitrogen and oxygen atoms in total. The summed E-state index contributed by atoms with van der Waals surface area (Å²) >= 11 is 0. The lowest BCUT2D eigenvalue weighted by atomic mass is 10.1. The lowest BCUT2D eigenvalue weighted by molar-refractivity contribution is -0.119. The zero-order valence-electron chi connectivity index (χ0n) is 12.3. The Morgan fingerprint density at radius 2 is 2.00 bits per heavy atom. The van der Waals surface area contributed by atoms with E-state index in [9.17, 15) is 4.79 Å². The molecule has 20 heavy (non-hydrogen) atoms. The van der Waals surface area contributed by atoms with Gasteiger partial charge in [0.1, 0.15) is 0 Å². The van der Waals surface area contributed by atoms with Crippen LogP contribution in [0.5, 0.6) is 0 Å². The highest BCUT2D eigenvalue weighted by molar-refractivity contribution is 5.93. The second-order valence-corrected chi connectivity index (χ2v) is 6.21. The zero-order chi connectivity index (χ0) is 13.9. The summed E-state index contributed by atoms with van der Waals surface area (Å²) in [5.41, 5.74) is 2.17. The third kappa shape index (κ3) is 3.14. The van der Waals surface area contributed by atoms with Gasteiger partial charge in [-0.1, -0.05) is 13.0 Å². The SMILES string of the molecule is CC(C(=O)Nc1cccc(N2CCCCC2)c1)C1CC1. The maximum absolute atomic E-state index is 12.2. The topological polar surface area (TPSA) is 32.3 Å². The van der Waals surface area contributed by atoms with E-state index in [1.807, 2.05) is 19.1 Å². The smallest absolute Gasteiger partial charge is 0.227 e. The second kappa shape index (κ2) is 5.86. The van der Waals surface area contributed by atoms with Gasteiger partial charge < -0.3 is 10.2 Å². The van der Waals surface area contributed by atoms with Crippen LogP contribution in [0.2, 0.25) is 0 Å². The van der Waals surface area contributed by atoms with E-state index in [0.717, 1.165) is 18.8 Å². The second-order valence-electron chi connectivity index (χ2n) is 6.21. The summed E-state index contributed by atoms with van der Waals surface area (Å²) < 4.78 is 0. The highest BCUT2D eigenvalue weighted by Gasteiger charge is 2.32. The van der Waals surface area contributed by atoms with Gasteiger partial charge in [-0.15, -0.1) is 0 Å². The van der Waals surface area contributed by atoms with Crippen molar-refractivity contribution in [1.82, 2.24) is 0 Å². The van der Waals surface area contributed by atoms with Crippen molar-refractivity contribution in [3.63, 3.8) is 0 Å². The van der Waals surface area contributed by atoms with Crippen LogP contribution in [0.25, 0.3) is 0 Å². The van der Waals surface area contributed by atoms with Crippen LogP contribution in [0.4, 0.5) is 11.4 Å². The number of carbonyl (C=O) groups is 1. The molecular formula is C17H24N2O. The van der Waals surface area contributed by atoms with E-state index in [0.29, 0.717) is 5.92 Å². The molecule has 1 N–H and O–H groups in total. The highest BCUT2D eigenvalue weighted by atomic mass is 16.1. The molecule has 1 atom stereocenters. The van der Waals surface area contributed by atoms with Crippen LogP contribution in [0.3, 0.4) is 0 Å². The third-order valence-corrected chi connectivity index (χ3v) is 4.58. The molecule has 3 heteroatoms. The number of nitrogens with one attached hydrogen (secondary N) is 1. The van der Waals surface area contributed by atoms with Crippen molar-refractivity contribution in [2.24, 2.45) is 11.8 Å². The molecule has 1 aromatic rings. The Labute approximate surface area is 121 Å². The lowest BCUT2D eigenvalue weighted by Gasteiger charge is -2.29. The van der Waals surface area contributed by atoms with Crippen LogP contribution in [0.1, 0.15) is 39.0 Å². The molecule has 1 saturated heterocycles. The number of rotatable bonds is 4. The Morgan fingerprint density at radius 3 is 2.70 bits per heavy atom. The van der Waals surface area contributed by atoms with Crippen molar-refractivity contribution in [1.29, 1.82) is 0 Å². The van der Waals surface area contributed by atoms with Crippen molar-refractivity contribution < 1.29 is 4.79 Å². The molecule has 1 saturated carbocycles. The Hall–Kier alpha value is -1.51. The van der Waals surface area contributed by atoms with Gasteiger partial charge in [-0.3, -0.25) is 4.79 Å². The number of nitrogens with zero attached hydrogens (tertiary/aromatic N) is 1. The summed E-state index contributed by atoms with van der Waals surface area (Å²) in [5, 5.41) is 3.08. The first-order chi connectivity index (χ1) is 9.74. The molecule has 1 unspecified atom stereocenters. The average Bonchev–Trinajstić information content (AvgIpc) is 3.32. The molecule has 1 amide bonds. The van der Waals surface area contributed by atoms with Gasteiger partial charge in [0, 0.05) is 30.4 Å². The Morgan fingerprint density at radius 1 is 1.25 bits per heavy atom. The van der Waals surface area contributed by atoms with Crippen LogP contribution < -0.4 is 10.2 Å². The largest absolute Gasteiger partial charge is 0.371 e. The molecular weight excluding hydrogens is 248 g/mol. The van der Waals surface area contributed by atoms with E-state index in [4.69, 9.17) is 0 Å². The molecule has 2 fully saturated rings. The van der Waals surface area contributed by atoms with Crippen molar-refractivity contribution in [2.75, 3.05) is 23.3 Å². The minimum atomic E-state index is 0.147. The fourth-order valence-corrected chi connectivity index (χ4v) is 3.00. The van der Waals surface area contributed by atoms with Crippen molar-refractivity contribution >= 4 is 17.3 Å². The number of anilines is 2. The quantitative estimate of drug-likeness (QED) is 0.907. The van der Waals surface area contributed by atoms with E-state index in [1.54, 1.807) is 0 Å². The van der Waals surface area contributed by atoms with Crippen LogP contribution in [-0.4, -0.2) is 19.0 Å². The first-order valence-electron chi connectivity index (χ1n) is 7.90. The summed E-state index contributed by atoms with van der Waals surface area (Å²) in [6.07, 6.45) is 6.31. The normalized spacial score (nSPS) is 20.6. The van der Waals surface area contributed by atoms with Gasteiger partial charge in [0.15, 0.2) is 0 Å². The minimum absolute atomic E-state index is 0.147. The Balaban J connectivity index is 1.65. The first-order valence-corrected chi connectivity index (χ1v) is 7.90. The molecule has 0 aromatic heterocycles. The van der Waals surface area contributed by atoms with Crippen LogP contribution in [0.15, 0.2) is 24.3 Å². The van der Waals surface area contributed by atoms with Crippen molar-refractivity contribution in [3.8, 4) is 0 Å². The standard InChI is InChI=1S/C17H24N2O/c1-13(14-8-9-14)17(20)18-15-6-5-7-16(12-15)19-10-3-2-4-11-19/h5-7,12-14H,2-4,8-11H2,1H3,(H,18,20). The molecule has 1 aromatic carbocycles. The van der Waals surface area contributed by atoms with E-state index in [-0.39, 0.29) is 11.8 Å². The number of hydrogen-bond acceptors (Lipinski definition) is 2. The number of piperidine rings is 1. The third-order valence-electron chi connectivity index (χ3n) is 4.58. The first kappa shape index (κ1) is 13.5. The van der Waals surface area contributed by atoms with Crippen LogP contribution >= 0.6 is 0 Å². The van der Waals surface area contributed by atoms with Gasteiger partial charge in [0.2, 0.25) is 5.91 Å². The Kier molecular flexibility index (Phi) is 3.95. The summed E-state index contributed by atoms with van der Waals surface area (Å²) in [4.78, 5) is 14.6. The average molecular weight is 272 g/mol. The van der Waals surface area contributed by atoms with E-state index < -0.39 is 0 Å². The highest BCUT2D eigenvalue weighted by Crippen LogP contribution is 2.37. The van der Waals surface area contributed by atoms with Gasteiger partial charge >= 0.3 is 0 Å². The van der Waals surface area contributed by atoms with E-state index in [2.05, 4.69) is 22.3 Å². The molecule has 0 radical (unpaired) electrons. The predicted molar refractivity (Wildman–Crippen MR) is 83.0 cm³/mol. The summed E-state index contributed by atoms with van der Waals surface area (Å²) in [6.45, 7) is 4.31. The predicted octanol–water partition coefficient (Wildman–Crippen LogP) is 3.66.